The zero-order valence-corrected chi connectivity index (χ0v) is 21.0. The first kappa shape index (κ1) is 24.1. The molecule has 0 spiro atoms. The number of Topliss-reactive ketones (excluding diaryl/α,β-unsaturated/α-hetero) is 1. The number of hydrogen-bond donors (Lipinski definition) is 0. The van der Waals surface area contributed by atoms with Gasteiger partial charge in [-0.3, -0.25) is 9.59 Å². The van der Waals surface area contributed by atoms with Crippen LogP contribution in [0.25, 0.3) is 0 Å². The van der Waals surface area contributed by atoms with Crippen LogP contribution in [0.2, 0.25) is 0 Å². The van der Waals surface area contributed by atoms with Gasteiger partial charge in [-0.05, 0) is 57.9 Å². The molecule has 1 aliphatic carbocycles. The third-order valence-corrected chi connectivity index (χ3v) is 7.28. The fourth-order valence-electron chi connectivity index (χ4n) is 5.51. The summed E-state index contributed by atoms with van der Waals surface area (Å²) in [6, 6.07) is 15.0. The van der Waals surface area contributed by atoms with Crippen LogP contribution in [0.4, 0.5) is 10.5 Å². The van der Waals surface area contributed by atoms with E-state index in [1.165, 1.54) is 11.8 Å². The topological polar surface area (TPSA) is 94.6 Å². The van der Waals surface area contributed by atoms with Gasteiger partial charge in [0.1, 0.15) is 11.9 Å². The van der Waals surface area contributed by atoms with Crippen molar-refractivity contribution in [2.45, 2.75) is 82.5 Å². The lowest BCUT2D eigenvalue weighted by molar-refractivity contribution is -0.219. The summed E-state index contributed by atoms with van der Waals surface area (Å²) in [5, 5.41) is 0. The van der Waals surface area contributed by atoms with Crippen molar-refractivity contribution in [1.29, 1.82) is 0 Å². The van der Waals surface area contributed by atoms with Crippen molar-refractivity contribution in [3.8, 4) is 5.75 Å². The maximum atomic E-state index is 13.9. The highest BCUT2D eigenvalue weighted by Gasteiger charge is 2.61. The zero-order valence-electron chi connectivity index (χ0n) is 21.0. The van der Waals surface area contributed by atoms with E-state index in [1.54, 1.807) is 29.2 Å². The Morgan fingerprint density at radius 3 is 2.46 bits per heavy atom. The second-order valence-electron chi connectivity index (χ2n) is 10.5. The summed E-state index contributed by atoms with van der Waals surface area (Å²) < 4.78 is 24.9. The van der Waals surface area contributed by atoms with E-state index >= 15 is 0 Å². The molecule has 3 aliphatic heterocycles. The number of para-hydroxylation sites is 1. The van der Waals surface area contributed by atoms with Gasteiger partial charge >= 0.3 is 6.03 Å². The number of urea groups is 1. The number of anilines is 1. The van der Waals surface area contributed by atoms with Crippen LogP contribution >= 0.6 is 0 Å². The summed E-state index contributed by atoms with van der Waals surface area (Å²) >= 11 is 0. The van der Waals surface area contributed by atoms with Crippen LogP contribution in [-0.2, 0) is 19.0 Å². The Hall–Kier alpha value is -3.27. The fourth-order valence-corrected chi connectivity index (χ4v) is 5.51. The molecular weight excluding hydrogens is 476 g/mol. The van der Waals surface area contributed by atoms with Crippen LogP contribution in [0.3, 0.4) is 0 Å². The molecule has 2 aromatic carbocycles. The molecule has 5 atom stereocenters. The van der Waals surface area contributed by atoms with Crippen molar-refractivity contribution in [1.82, 2.24) is 4.90 Å². The van der Waals surface area contributed by atoms with Crippen LogP contribution in [0.5, 0.6) is 5.75 Å². The Balaban J connectivity index is 1.32. The summed E-state index contributed by atoms with van der Waals surface area (Å²) in [5.41, 5.74) is 0.833. The minimum absolute atomic E-state index is 0.00350. The molecule has 3 amide bonds. The van der Waals surface area contributed by atoms with Crippen molar-refractivity contribution in [3.05, 3.63) is 60.2 Å². The number of ketones is 1. The normalized spacial score (nSPS) is 30.9. The van der Waals surface area contributed by atoms with Gasteiger partial charge in [0.25, 0.3) is 0 Å². The van der Waals surface area contributed by atoms with Crippen LogP contribution in [0.15, 0.2) is 54.6 Å². The van der Waals surface area contributed by atoms with Crippen LogP contribution in [0, 0.1) is 0 Å². The minimum atomic E-state index is -0.842. The lowest BCUT2D eigenvalue weighted by Gasteiger charge is -2.44. The Morgan fingerprint density at radius 2 is 1.76 bits per heavy atom. The van der Waals surface area contributed by atoms with E-state index in [4.69, 9.17) is 18.9 Å². The number of nitrogens with zero attached hydrogens (tertiary/aromatic N) is 2. The number of imide groups is 1. The van der Waals surface area contributed by atoms with E-state index in [2.05, 4.69) is 0 Å². The number of fused-ring (bicyclic) bond motifs is 1. The largest absolute Gasteiger partial charge is 0.485 e. The average molecular weight is 507 g/mol. The highest BCUT2D eigenvalue weighted by atomic mass is 16.8. The van der Waals surface area contributed by atoms with Gasteiger partial charge < -0.3 is 23.8 Å². The molecule has 0 aromatic heterocycles. The summed E-state index contributed by atoms with van der Waals surface area (Å²) in [7, 11) is 0. The Bertz CT molecular complexity index is 1230. The number of rotatable bonds is 6. The molecule has 3 heterocycles. The third-order valence-electron chi connectivity index (χ3n) is 7.28. The molecule has 0 radical (unpaired) electrons. The molecule has 6 rings (SSSR count). The summed E-state index contributed by atoms with van der Waals surface area (Å²) in [6.45, 7) is 5.10. The molecule has 3 unspecified atom stereocenters. The molecular formula is C28H30N2O7. The van der Waals surface area contributed by atoms with Crippen molar-refractivity contribution >= 4 is 23.4 Å². The Morgan fingerprint density at radius 1 is 1.00 bits per heavy atom. The SMILES string of the molecule is CC(=O)c1cccc(N2C(=O)C[C@@H](C3OC4OC(C)(C)OC4[C@H]3Oc3ccccc3)N(C3CC3)C2=O)c1. The van der Waals surface area contributed by atoms with E-state index < -0.39 is 42.5 Å². The van der Waals surface area contributed by atoms with E-state index in [1.807, 2.05) is 44.2 Å². The Kier molecular flexibility index (Phi) is 5.82. The Labute approximate surface area is 215 Å². The lowest BCUT2D eigenvalue weighted by atomic mass is 9.96. The molecule has 1 saturated carbocycles. The zero-order chi connectivity index (χ0) is 25.9. The second kappa shape index (κ2) is 8.93. The maximum Gasteiger partial charge on any atom is 0.331 e. The molecule has 4 fully saturated rings. The predicted octanol–water partition coefficient (Wildman–Crippen LogP) is 3.90. The van der Waals surface area contributed by atoms with Gasteiger partial charge in [0.05, 0.1) is 18.2 Å². The van der Waals surface area contributed by atoms with Gasteiger partial charge in [-0.25, -0.2) is 9.69 Å². The molecule has 9 nitrogen and oxygen atoms in total. The van der Waals surface area contributed by atoms with Crippen LogP contribution in [0.1, 0.15) is 50.4 Å². The average Bonchev–Trinajstić information content (AvgIpc) is 3.58. The van der Waals surface area contributed by atoms with Crippen molar-refractivity contribution in [3.63, 3.8) is 0 Å². The minimum Gasteiger partial charge on any atom is -0.485 e. The number of carbonyl (C=O) groups excluding carboxylic acids is 3. The van der Waals surface area contributed by atoms with E-state index in [0.717, 1.165) is 12.8 Å². The first-order valence-corrected chi connectivity index (χ1v) is 12.7. The lowest BCUT2D eigenvalue weighted by Crippen LogP contribution is -2.63. The molecule has 9 heteroatoms. The summed E-state index contributed by atoms with van der Waals surface area (Å²) in [5.74, 6) is -0.686. The van der Waals surface area contributed by atoms with Gasteiger partial charge in [-0.1, -0.05) is 30.3 Å². The summed E-state index contributed by atoms with van der Waals surface area (Å²) in [6.07, 6.45) is -0.668. The molecule has 2 aromatic rings. The van der Waals surface area contributed by atoms with E-state index in [-0.39, 0.29) is 24.2 Å². The smallest absolute Gasteiger partial charge is 0.331 e. The molecule has 37 heavy (non-hydrogen) atoms. The molecule has 3 saturated heterocycles. The number of carbonyl (C=O) groups is 3. The van der Waals surface area contributed by atoms with Gasteiger partial charge in [0.2, 0.25) is 5.91 Å². The van der Waals surface area contributed by atoms with Gasteiger partial charge in [0.15, 0.2) is 30.1 Å². The highest BCUT2D eigenvalue weighted by Crippen LogP contribution is 2.44. The maximum absolute atomic E-state index is 13.9. The number of amides is 3. The predicted molar refractivity (Wildman–Crippen MR) is 132 cm³/mol. The fraction of sp³-hybridized carbons (Fsp3) is 0.464. The third kappa shape index (κ3) is 4.41. The van der Waals surface area contributed by atoms with Crippen LogP contribution in [-0.4, -0.2) is 65.1 Å². The number of hydrogen-bond acceptors (Lipinski definition) is 7. The second-order valence-corrected chi connectivity index (χ2v) is 10.5. The van der Waals surface area contributed by atoms with Crippen molar-refractivity contribution in [2.24, 2.45) is 0 Å². The molecule has 4 aliphatic rings. The number of benzene rings is 2. The van der Waals surface area contributed by atoms with Crippen LogP contribution < -0.4 is 9.64 Å². The molecule has 0 N–H and O–H groups in total. The first-order valence-electron chi connectivity index (χ1n) is 12.7. The molecule has 194 valence electrons. The monoisotopic (exact) mass is 506 g/mol. The van der Waals surface area contributed by atoms with Gasteiger partial charge in [0, 0.05) is 11.6 Å². The molecule has 0 bridgehead atoms. The van der Waals surface area contributed by atoms with E-state index in [0.29, 0.717) is 17.0 Å². The van der Waals surface area contributed by atoms with Gasteiger partial charge in [-0.15, -0.1) is 0 Å². The van der Waals surface area contributed by atoms with Gasteiger partial charge in [-0.2, -0.15) is 0 Å². The first-order chi connectivity index (χ1) is 17.7. The quantitative estimate of drug-likeness (QED) is 0.549. The summed E-state index contributed by atoms with van der Waals surface area (Å²) in [4.78, 5) is 42.2. The highest BCUT2D eigenvalue weighted by molar-refractivity contribution is 6.16. The van der Waals surface area contributed by atoms with E-state index in [9.17, 15) is 14.4 Å². The van der Waals surface area contributed by atoms with Crippen molar-refractivity contribution in [2.75, 3.05) is 4.90 Å². The standard InChI is InChI=1S/C28H30N2O7/c1-16(31)17-8-7-9-19(14-17)30-22(32)15-21(29(27(30)33)18-12-13-18)23-24(34-20-10-5-4-6-11-20)25-26(35-23)37-28(2,3)36-25/h4-11,14,18,21,23-26H,12-13,15H2,1-3H3/t21-,23?,24-,25?,26?/m0/s1. The number of ether oxygens (including phenoxy) is 4. The van der Waals surface area contributed by atoms with Crippen molar-refractivity contribution < 1.29 is 33.3 Å².